The lowest BCUT2D eigenvalue weighted by atomic mass is 10.1. The van der Waals surface area contributed by atoms with Crippen molar-refractivity contribution in [3.63, 3.8) is 0 Å². The molecule has 0 heterocycles. The van der Waals surface area contributed by atoms with Crippen LogP contribution in [-0.4, -0.2) is 13.1 Å². The number of methoxy groups -OCH3 is 1. The van der Waals surface area contributed by atoms with Gasteiger partial charge in [0.05, 0.1) is 12.7 Å². The standard InChI is InChI=1S/C15H16N2O2/c1-19-15(18)12-5-3-7-14(9-12)17-13-6-2-4-11(8-13)10-16/h2-9,17H,10,16H2,1H3. The van der Waals surface area contributed by atoms with E-state index >= 15 is 0 Å². The molecule has 2 rings (SSSR count). The molecule has 0 aliphatic heterocycles. The Bertz CT molecular complexity index is 582. The molecule has 0 radical (unpaired) electrons. The monoisotopic (exact) mass is 256 g/mol. The first-order valence-corrected chi connectivity index (χ1v) is 5.97. The Balaban J connectivity index is 2.20. The van der Waals surface area contributed by atoms with Gasteiger partial charge in [-0.1, -0.05) is 18.2 Å². The summed E-state index contributed by atoms with van der Waals surface area (Å²) in [5, 5.41) is 3.23. The third-order valence-corrected chi connectivity index (χ3v) is 2.74. The van der Waals surface area contributed by atoms with Gasteiger partial charge in [-0.2, -0.15) is 0 Å². The van der Waals surface area contributed by atoms with Crippen molar-refractivity contribution < 1.29 is 9.53 Å². The van der Waals surface area contributed by atoms with E-state index in [1.807, 2.05) is 30.3 Å². The van der Waals surface area contributed by atoms with Gasteiger partial charge in [0.1, 0.15) is 0 Å². The van der Waals surface area contributed by atoms with Crippen molar-refractivity contribution in [1.29, 1.82) is 0 Å². The average molecular weight is 256 g/mol. The normalized spacial score (nSPS) is 10.0. The first-order chi connectivity index (χ1) is 9.22. The van der Waals surface area contributed by atoms with Crippen molar-refractivity contribution >= 4 is 17.3 Å². The van der Waals surface area contributed by atoms with Crippen LogP contribution in [0.15, 0.2) is 48.5 Å². The van der Waals surface area contributed by atoms with Gasteiger partial charge in [0.2, 0.25) is 0 Å². The SMILES string of the molecule is COC(=O)c1cccc(Nc2cccc(CN)c2)c1. The highest BCUT2D eigenvalue weighted by atomic mass is 16.5. The maximum atomic E-state index is 11.5. The van der Waals surface area contributed by atoms with Gasteiger partial charge >= 0.3 is 5.97 Å². The number of nitrogens with two attached hydrogens (primary N) is 1. The summed E-state index contributed by atoms with van der Waals surface area (Å²) in [6.45, 7) is 0.498. The third-order valence-electron chi connectivity index (χ3n) is 2.74. The quantitative estimate of drug-likeness (QED) is 0.825. The topological polar surface area (TPSA) is 64.3 Å². The zero-order valence-electron chi connectivity index (χ0n) is 10.7. The summed E-state index contributed by atoms with van der Waals surface area (Å²) < 4.78 is 4.69. The van der Waals surface area contributed by atoms with Crippen LogP contribution in [0.3, 0.4) is 0 Å². The number of hydrogen-bond donors (Lipinski definition) is 2. The molecule has 98 valence electrons. The highest BCUT2D eigenvalue weighted by Crippen LogP contribution is 2.19. The van der Waals surface area contributed by atoms with E-state index in [1.165, 1.54) is 7.11 Å². The van der Waals surface area contributed by atoms with Crippen LogP contribution in [-0.2, 0) is 11.3 Å². The average Bonchev–Trinajstić information content (AvgIpc) is 2.47. The van der Waals surface area contributed by atoms with Crippen LogP contribution < -0.4 is 11.1 Å². The smallest absolute Gasteiger partial charge is 0.337 e. The minimum Gasteiger partial charge on any atom is -0.465 e. The van der Waals surface area contributed by atoms with Crippen molar-refractivity contribution in [3.05, 3.63) is 59.7 Å². The highest BCUT2D eigenvalue weighted by molar-refractivity contribution is 5.90. The zero-order valence-corrected chi connectivity index (χ0v) is 10.7. The maximum Gasteiger partial charge on any atom is 0.337 e. The third kappa shape index (κ3) is 3.33. The van der Waals surface area contributed by atoms with Crippen LogP contribution in [0.25, 0.3) is 0 Å². The molecule has 0 aliphatic rings. The Hall–Kier alpha value is -2.33. The molecule has 0 saturated heterocycles. The van der Waals surface area contributed by atoms with Crippen LogP contribution in [0.2, 0.25) is 0 Å². The largest absolute Gasteiger partial charge is 0.465 e. The minimum absolute atomic E-state index is 0.348. The van der Waals surface area contributed by atoms with E-state index in [0.29, 0.717) is 12.1 Å². The molecule has 0 amide bonds. The summed E-state index contributed by atoms with van der Waals surface area (Å²) in [6.07, 6.45) is 0. The summed E-state index contributed by atoms with van der Waals surface area (Å²) >= 11 is 0. The first-order valence-electron chi connectivity index (χ1n) is 5.97. The predicted molar refractivity (Wildman–Crippen MR) is 75.4 cm³/mol. The molecule has 19 heavy (non-hydrogen) atoms. The van der Waals surface area contributed by atoms with Crippen molar-refractivity contribution in [2.45, 2.75) is 6.54 Å². The molecule has 2 aromatic rings. The molecule has 0 unspecified atom stereocenters. The zero-order chi connectivity index (χ0) is 13.7. The molecule has 0 aliphatic carbocycles. The van der Waals surface area contributed by atoms with Crippen LogP contribution in [0, 0.1) is 0 Å². The fraction of sp³-hybridized carbons (Fsp3) is 0.133. The number of rotatable bonds is 4. The minimum atomic E-state index is -0.348. The lowest BCUT2D eigenvalue weighted by molar-refractivity contribution is 0.0601. The van der Waals surface area contributed by atoms with Crippen LogP contribution in [0.5, 0.6) is 0 Å². The lowest BCUT2D eigenvalue weighted by Gasteiger charge is -2.09. The van der Waals surface area contributed by atoms with Gasteiger partial charge in [0, 0.05) is 17.9 Å². The Morgan fingerprint density at radius 1 is 1.16 bits per heavy atom. The van der Waals surface area contributed by atoms with Crippen LogP contribution in [0.1, 0.15) is 15.9 Å². The van der Waals surface area contributed by atoms with Crippen molar-refractivity contribution in [2.75, 3.05) is 12.4 Å². The first kappa shape index (κ1) is 13.1. The molecule has 3 N–H and O–H groups in total. The molecular weight excluding hydrogens is 240 g/mol. The van der Waals surface area contributed by atoms with Crippen LogP contribution >= 0.6 is 0 Å². The number of anilines is 2. The van der Waals surface area contributed by atoms with E-state index in [2.05, 4.69) is 5.32 Å². The van der Waals surface area contributed by atoms with Crippen molar-refractivity contribution in [3.8, 4) is 0 Å². The van der Waals surface area contributed by atoms with E-state index < -0.39 is 0 Å². The number of nitrogens with one attached hydrogen (secondary N) is 1. The second-order valence-electron chi connectivity index (χ2n) is 4.10. The summed E-state index contributed by atoms with van der Waals surface area (Å²) in [5.41, 5.74) is 8.94. The molecule has 0 saturated carbocycles. The van der Waals surface area contributed by atoms with E-state index in [-0.39, 0.29) is 5.97 Å². The number of carbonyl (C=O) groups excluding carboxylic acids is 1. The van der Waals surface area contributed by atoms with Gasteiger partial charge < -0.3 is 15.8 Å². The van der Waals surface area contributed by atoms with Gasteiger partial charge in [-0.25, -0.2) is 4.79 Å². The summed E-state index contributed by atoms with van der Waals surface area (Å²) in [7, 11) is 1.37. The lowest BCUT2D eigenvalue weighted by Crippen LogP contribution is -2.02. The molecular formula is C15H16N2O2. The number of esters is 1. The maximum absolute atomic E-state index is 11.5. The molecule has 0 atom stereocenters. The predicted octanol–water partition coefficient (Wildman–Crippen LogP) is 2.68. The van der Waals surface area contributed by atoms with Gasteiger partial charge in [-0.3, -0.25) is 0 Å². The van der Waals surface area contributed by atoms with Gasteiger partial charge in [-0.15, -0.1) is 0 Å². The van der Waals surface area contributed by atoms with E-state index in [9.17, 15) is 4.79 Å². The summed E-state index contributed by atoms with van der Waals surface area (Å²) in [6, 6.07) is 15.0. The van der Waals surface area contributed by atoms with Gasteiger partial charge in [0.25, 0.3) is 0 Å². The van der Waals surface area contributed by atoms with Gasteiger partial charge in [-0.05, 0) is 35.9 Å². The van der Waals surface area contributed by atoms with E-state index in [4.69, 9.17) is 10.5 Å². The van der Waals surface area contributed by atoms with Gasteiger partial charge in [0.15, 0.2) is 0 Å². The fourth-order valence-electron chi connectivity index (χ4n) is 1.78. The van der Waals surface area contributed by atoms with Crippen LogP contribution in [0.4, 0.5) is 11.4 Å². The molecule has 0 aromatic heterocycles. The Morgan fingerprint density at radius 2 is 1.84 bits per heavy atom. The Labute approximate surface area is 112 Å². The Morgan fingerprint density at radius 3 is 2.53 bits per heavy atom. The Kier molecular flexibility index (Phi) is 4.15. The molecule has 0 bridgehead atoms. The van der Waals surface area contributed by atoms with E-state index in [0.717, 1.165) is 16.9 Å². The molecule has 0 fully saturated rings. The van der Waals surface area contributed by atoms with Crippen molar-refractivity contribution in [1.82, 2.24) is 0 Å². The molecule has 2 aromatic carbocycles. The second kappa shape index (κ2) is 6.02. The molecule has 4 heteroatoms. The summed E-state index contributed by atoms with van der Waals surface area (Å²) in [5.74, 6) is -0.348. The molecule has 0 spiro atoms. The number of benzene rings is 2. The van der Waals surface area contributed by atoms with E-state index in [1.54, 1.807) is 18.2 Å². The molecule has 4 nitrogen and oxygen atoms in total. The second-order valence-corrected chi connectivity index (χ2v) is 4.10. The fourth-order valence-corrected chi connectivity index (χ4v) is 1.78. The number of ether oxygens (including phenoxy) is 1. The number of hydrogen-bond acceptors (Lipinski definition) is 4. The highest BCUT2D eigenvalue weighted by Gasteiger charge is 2.05. The number of carbonyl (C=O) groups is 1. The van der Waals surface area contributed by atoms with Crippen molar-refractivity contribution in [2.24, 2.45) is 5.73 Å². The summed E-state index contributed by atoms with van der Waals surface area (Å²) in [4.78, 5) is 11.5.